The second kappa shape index (κ2) is 14.7. The van der Waals surface area contributed by atoms with Gasteiger partial charge in [-0.25, -0.2) is 0 Å². The van der Waals surface area contributed by atoms with E-state index in [4.69, 9.17) is 4.74 Å². The molecule has 10 nitrogen and oxygen atoms in total. The van der Waals surface area contributed by atoms with Crippen LogP contribution in [0.15, 0.2) is 35.7 Å². The summed E-state index contributed by atoms with van der Waals surface area (Å²) in [6.07, 6.45) is 2.99. The number of carbonyl (C=O) groups is 3. The molecule has 3 aliphatic rings. The van der Waals surface area contributed by atoms with Crippen LogP contribution >= 0.6 is 11.3 Å². The quantitative estimate of drug-likeness (QED) is 0.253. The van der Waals surface area contributed by atoms with E-state index < -0.39 is 23.6 Å². The Bertz CT molecular complexity index is 1410. The third kappa shape index (κ3) is 8.08. The van der Waals surface area contributed by atoms with E-state index in [-0.39, 0.29) is 61.4 Å². The van der Waals surface area contributed by atoms with Crippen LogP contribution in [0.3, 0.4) is 0 Å². The number of amides is 3. The zero-order valence-corrected chi connectivity index (χ0v) is 29.3. The highest BCUT2D eigenvalue weighted by Crippen LogP contribution is 2.39. The summed E-state index contributed by atoms with van der Waals surface area (Å²) in [5, 5.41) is 28.5. The normalized spacial score (nSPS) is 25.9. The first-order valence-electron chi connectivity index (χ1n) is 17.0. The summed E-state index contributed by atoms with van der Waals surface area (Å²) in [4.78, 5) is 45.5. The maximum absolute atomic E-state index is 14.0. The van der Waals surface area contributed by atoms with Crippen molar-refractivity contribution in [1.82, 2.24) is 20.4 Å². The minimum atomic E-state index is -0.867. The summed E-state index contributed by atoms with van der Waals surface area (Å²) in [7, 11) is 0. The lowest BCUT2D eigenvalue weighted by molar-refractivity contribution is -0.144. The molecule has 47 heavy (non-hydrogen) atoms. The van der Waals surface area contributed by atoms with Crippen LogP contribution in [0.1, 0.15) is 83.4 Å². The van der Waals surface area contributed by atoms with Crippen molar-refractivity contribution >= 4 is 29.1 Å². The topological polar surface area (TPSA) is 131 Å². The number of likely N-dealkylation sites (tertiary alicyclic amines) is 1. The highest BCUT2D eigenvalue weighted by Gasteiger charge is 2.48. The van der Waals surface area contributed by atoms with Gasteiger partial charge in [-0.15, -0.1) is 11.3 Å². The molecule has 258 valence electrons. The molecular weight excluding hydrogens is 616 g/mol. The third-order valence-corrected chi connectivity index (χ3v) is 11.2. The van der Waals surface area contributed by atoms with E-state index in [1.165, 1.54) is 15.3 Å². The second-order valence-corrected chi connectivity index (χ2v) is 15.7. The Balaban J connectivity index is 1.14. The molecule has 0 aliphatic carbocycles. The molecule has 11 heteroatoms. The monoisotopic (exact) mass is 668 g/mol. The number of β-amino-alcohol motifs (C(OH)–C–C–N with tert-alkyl or cyclic N) is 1. The van der Waals surface area contributed by atoms with E-state index in [1.807, 2.05) is 39.8 Å². The zero-order chi connectivity index (χ0) is 33.9. The number of ether oxygens (including phenoxy) is 1. The Labute approximate surface area is 282 Å². The molecule has 4 N–H and O–H groups in total. The number of nitrogens with zero attached hydrogens (tertiary/aromatic N) is 2. The molecule has 3 fully saturated rings. The van der Waals surface area contributed by atoms with Crippen molar-refractivity contribution in [1.29, 1.82) is 0 Å². The van der Waals surface area contributed by atoms with E-state index in [0.717, 1.165) is 43.5 Å². The summed E-state index contributed by atoms with van der Waals surface area (Å²) in [5.74, 6) is -0.952. The van der Waals surface area contributed by atoms with E-state index in [2.05, 4.69) is 46.0 Å². The molecule has 1 aromatic heterocycles. The van der Waals surface area contributed by atoms with Gasteiger partial charge in [-0.1, -0.05) is 45.0 Å². The largest absolute Gasteiger partial charge is 0.394 e. The molecule has 0 bridgehead atoms. The van der Waals surface area contributed by atoms with Crippen molar-refractivity contribution in [2.75, 3.05) is 32.8 Å². The van der Waals surface area contributed by atoms with Gasteiger partial charge in [0.05, 0.1) is 24.9 Å². The predicted molar refractivity (Wildman–Crippen MR) is 183 cm³/mol. The van der Waals surface area contributed by atoms with Gasteiger partial charge in [0.25, 0.3) is 0 Å². The van der Waals surface area contributed by atoms with Crippen molar-refractivity contribution in [2.45, 2.75) is 109 Å². The highest BCUT2D eigenvalue weighted by molar-refractivity contribution is 7.13. The van der Waals surface area contributed by atoms with Gasteiger partial charge in [0.15, 0.2) is 0 Å². The molecule has 0 unspecified atom stereocenters. The van der Waals surface area contributed by atoms with E-state index in [1.54, 1.807) is 11.3 Å². The number of hydrogen-bond donors (Lipinski definition) is 4. The minimum absolute atomic E-state index is 0.0319. The third-order valence-electron chi connectivity index (χ3n) is 10.1. The summed E-state index contributed by atoms with van der Waals surface area (Å²) in [6, 6.07) is 8.21. The fourth-order valence-corrected chi connectivity index (χ4v) is 8.35. The van der Waals surface area contributed by atoms with Crippen LogP contribution in [-0.4, -0.2) is 100 Å². The average Bonchev–Trinajstić information content (AvgIpc) is 3.80. The number of aryl methyl sites for hydroxylation is 1. The first-order valence-corrected chi connectivity index (χ1v) is 17.9. The number of thiophene rings is 1. The van der Waals surface area contributed by atoms with Gasteiger partial charge in [-0.05, 0) is 79.6 Å². The van der Waals surface area contributed by atoms with E-state index >= 15 is 0 Å². The predicted octanol–water partition coefficient (Wildman–Crippen LogP) is 3.79. The number of benzene rings is 1. The smallest absolute Gasteiger partial charge is 0.246 e. The summed E-state index contributed by atoms with van der Waals surface area (Å²) in [6.45, 7) is 12.1. The number of rotatable bonds is 12. The zero-order valence-electron chi connectivity index (χ0n) is 28.5. The Morgan fingerprint density at radius 2 is 1.87 bits per heavy atom. The van der Waals surface area contributed by atoms with Gasteiger partial charge < -0.3 is 30.5 Å². The molecule has 3 aliphatic heterocycles. The molecule has 0 spiro atoms. The summed E-state index contributed by atoms with van der Waals surface area (Å²) < 4.78 is 6.08. The maximum Gasteiger partial charge on any atom is 0.246 e. The molecule has 4 heterocycles. The lowest BCUT2D eigenvalue weighted by atomic mass is 9.85. The first-order chi connectivity index (χ1) is 22.3. The Morgan fingerprint density at radius 3 is 2.51 bits per heavy atom. The lowest BCUT2D eigenvalue weighted by Gasteiger charge is -2.35. The van der Waals surface area contributed by atoms with Crippen LogP contribution in [0.2, 0.25) is 0 Å². The fraction of sp³-hybridized carbons (Fsp3) is 0.639. The molecule has 0 radical (unpaired) electrons. The minimum Gasteiger partial charge on any atom is -0.394 e. The van der Waals surface area contributed by atoms with Crippen molar-refractivity contribution in [3.8, 4) is 10.4 Å². The summed E-state index contributed by atoms with van der Waals surface area (Å²) >= 11 is 1.70. The molecular formula is C36H52N4O6S. The Kier molecular flexibility index (Phi) is 11.1. The lowest BCUT2D eigenvalue weighted by Crippen LogP contribution is -2.57. The van der Waals surface area contributed by atoms with Crippen molar-refractivity contribution in [3.63, 3.8) is 0 Å². The number of aliphatic hydroxyl groups is 2. The Morgan fingerprint density at radius 1 is 1.13 bits per heavy atom. The van der Waals surface area contributed by atoms with Gasteiger partial charge in [0, 0.05) is 43.0 Å². The van der Waals surface area contributed by atoms with Crippen LogP contribution in [0, 0.1) is 12.3 Å². The first kappa shape index (κ1) is 35.5. The number of carbonyl (C=O) groups excluding carboxylic acids is 3. The second-order valence-electron chi connectivity index (χ2n) is 14.8. The standard InChI is InChI=1S/C36H52N4O6S/c1-23-13-17-47-31(23)26-11-9-25(10-12-26)24(2)37-33(44)29-18-27(42)20-40(29)34(45)32(35(3,4)5)38-30(43)8-6-16-46-28-19-36(22-41)14-7-15-39(36)21-28/h9-13,17,24,27-29,32,41-42H,6-8,14-16,18-22H2,1-5H3,(H,37,44)(H,38,43)/t24-,27+,28-,29-,32+,36+/m0/s1. The van der Waals surface area contributed by atoms with Crippen LogP contribution in [0.4, 0.5) is 0 Å². The van der Waals surface area contributed by atoms with Crippen LogP contribution in [-0.2, 0) is 19.1 Å². The molecule has 3 amide bonds. The Hall–Kier alpha value is -2.83. The molecule has 0 saturated carbocycles. The van der Waals surface area contributed by atoms with Gasteiger partial charge in [-0.2, -0.15) is 0 Å². The van der Waals surface area contributed by atoms with Gasteiger partial charge in [0.2, 0.25) is 17.7 Å². The van der Waals surface area contributed by atoms with Crippen LogP contribution in [0.25, 0.3) is 10.4 Å². The maximum atomic E-state index is 14.0. The van der Waals surface area contributed by atoms with Gasteiger partial charge in [-0.3, -0.25) is 19.3 Å². The molecule has 2 aromatic rings. The SMILES string of the molecule is Cc1ccsc1-c1ccc([C@H](C)NC(=O)[C@@H]2C[C@@H](O)CN2C(=O)[C@@H](NC(=O)CCCO[C@@H]2CN3CCC[C@]3(CO)C2)C(C)(C)C)cc1. The number of fused-ring (bicyclic) bond motifs is 1. The highest BCUT2D eigenvalue weighted by atomic mass is 32.1. The van der Waals surface area contributed by atoms with Gasteiger partial charge >= 0.3 is 0 Å². The molecule has 6 atom stereocenters. The summed E-state index contributed by atoms with van der Waals surface area (Å²) in [5.41, 5.74) is 2.53. The van der Waals surface area contributed by atoms with Crippen molar-refractivity contribution < 1.29 is 29.3 Å². The number of hydrogen-bond acceptors (Lipinski definition) is 8. The van der Waals surface area contributed by atoms with Gasteiger partial charge in [0.1, 0.15) is 12.1 Å². The van der Waals surface area contributed by atoms with E-state index in [9.17, 15) is 24.6 Å². The number of nitrogens with one attached hydrogen (secondary N) is 2. The molecule has 5 rings (SSSR count). The fourth-order valence-electron chi connectivity index (χ4n) is 7.42. The van der Waals surface area contributed by atoms with Crippen LogP contribution in [0.5, 0.6) is 0 Å². The van der Waals surface area contributed by atoms with E-state index in [0.29, 0.717) is 13.0 Å². The van der Waals surface area contributed by atoms with Crippen molar-refractivity contribution in [3.05, 3.63) is 46.8 Å². The average molecular weight is 669 g/mol. The molecule has 1 aromatic carbocycles. The van der Waals surface area contributed by atoms with Crippen molar-refractivity contribution in [2.24, 2.45) is 5.41 Å². The number of aliphatic hydroxyl groups excluding tert-OH is 2. The van der Waals surface area contributed by atoms with Crippen LogP contribution < -0.4 is 10.6 Å². The molecule has 3 saturated heterocycles.